The molecule has 0 aliphatic carbocycles. The van der Waals surface area contributed by atoms with E-state index in [0.29, 0.717) is 0 Å². The maximum Gasteiger partial charge on any atom is 1.00 e. The molecule has 0 aromatic rings. The zero-order valence-corrected chi connectivity index (χ0v) is 6.06. The second kappa shape index (κ2) is 10.6. The van der Waals surface area contributed by atoms with Gasteiger partial charge in [0.1, 0.15) is 0 Å². The SMILES string of the molecule is [Li+].[Li+].[O-]B([O-])CBr. The van der Waals surface area contributed by atoms with Crippen LogP contribution in [0.4, 0.5) is 0 Å². The first-order valence-electron chi connectivity index (χ1n) is 1.15. The molecule has 0 rings (SSSR count). The second-order valence-electron chi connectivity index (χ2n) is 0.584. The normalized spacial score (nSPS) is 5.57. The second-order valence-corrected chi connectivity index (χ2v) is 1.23. The van der Waals surface area contributed by atoms with Crippen LogP contribution in [0.5, 0.6) is 0 Å². The van der Waals surface area contributed by atoms with Crippen LogP contribution in [0, 0.1) is 0 Å². The first-order chi connectivity index (χ1) is 2.27. The van der Waals surface area contributed by atoms with E-state index in [0.717, 1.165) is 0 Å². The van der Waals surface area contributed by atoms with Gasteiger partial charge in [-0.25, -0.2) is 0 Å². The minimum absolute atomic E-state index is 0. The molecule has 0 amide bonds. The summed E-state index contributed by atoms with van der Waals surface area (Å²) in [5.74, 6) is 0. The third kappa shape index (κ3) is 18.3. The fraction of sp³-hybridized carbons (Fsp3) is 1.00. The van der Waals surface area contributed by atoms with Gasteiger partial charge in [-0.3, -0.25) is 0 Å². The van der Waals surface area contributed by atoms with Crippen molar-refractivity contribution in [1.29, 1.82) is 0 Å². The van der Waals surface area contributed by atoms with Crippen LogP contribution in [0.25, 0.3) is 0 Å². The van der Waals surface area contributed by atoms with Gasteiger partial charge in [0.05, 0.1) is 0 Å². The Labute approximate surface area is 75.7 Å². The Morgan fingerprint density at radius 1 is 1.29 bits per heavy atom. The quantitative estimate of drug-likeness (QED) is 0.276. The predicted octanol–water partition coefficient (Wildman–Crippen LogP) is -7.86. The number of hydrogen-bond acceptors (Lipinski definition) is 2. The Balaban J connectivity index is -0.0000000800. The maximum atomic E-state index is 9.29. The van der Waals surface area contributed by atoms with Crippen molar-refractivity contribution in [3.63, 3.8) is 0 Å². The molecule has 0 fully saturated rings. The van der Waals surface area contributed by atoms with Crippen molar-refractivity contribution in [3.8, 4) is 0 Å². The average Bonchev–Trinajstić information content (AvgIpc) is 1.38. The topological polar surface area (TPSA) is 46.1 Å². The summed E-state index contributed by atoms with van der Waals surface area (Å²) in [6, 6.07) is 0. The number of rotatable bonds is 1. The van der Waals surface area contributed by atoms with Crippen molar-refractivity contribution >= 4 is 23.0 Å². The van der Waals surface area contributed by atoms with Gasteiger partial charge in [-0.1, -0.05) is 5.23 Å². The molecule has 0 heterocycles. The van der Waals surface area contributed by atoms with Gasteiger partial charge in [-0.05, 0) is 0 Å². The number of alkyl halides is 1. The van der Waals surface area contributed by atoms with Gasteiger partial charge in [0.15, 0.2) is 0 Å². The van der Waals surface area contributed by atoms with E-state index in [1.54, 1.807) is 0 Å². The third-order valence-corrected chi connectivity index (χ3v) is 0.655. The Morgan fingerprint density at radius 2 is 1.43 bits per heavy atom. The van der Waals surface area contributed by atoms with Gasteiger partial charge in [-0.2, -0.15) is 0 Å². The molecule has 0 bridgehead atoms. The minimum Gasteiger partial charge on any atom is -0.893 e. The van der Waals surface area contributed by atoms with E-state index in [-0.39, 0.29) is 43.0 Å². The predicted molar refractivity (Wildman–Crippen MR) is 19.5 cm³/mol. The zero-order chi connectivity index (χ0) is 4.28. The summed E-state index contributed by atoms with van der Waals surface area (Å²) >= 11 is 2.69. The summed E-state index contributed by atoms with van der Waals surface area (Å²) in [5.41, 5.74) is 0. The molecule has 0 aliphatic heterocycles. The van der Waals surface area contributed by atoms with E-state index in [4.69, 9.17) is 0 Å². The molecule has 2 nitrogen and oxygen atoms in total. The van der Waals surface area contributed by atoms with Crippen LogP contribution in [-0.2, 0) is 0 Å². The van der Waals surface area contributed by atoms with E-state index in [9.17, 15) is 10.0 Å². The maximum absolute atomic E-state index is 9.29. The van der Waals surface area contributed by atoms with Crippen LogP contribution in [-0.4, -0.2) is 12.3 Å². The monoisotopic (exact) mass is 150 g/mol. The molecule has 30 valence electrons. The van der Waals surface area contributed by atoms with Gasteiger partial charge in [-0.15, -0.1) is 23.0 Å². The van der Waals surface area contributed by atoms with Gasteiger partial charge in [0.25, 0.3) is 0 Å². The summed E-state index contributed by atoms with van der Waals surface area (Å²) in [7, 11) is -1.70. The van der Waals surface area contributed by atoms with E-state index in [2.05, 4.69) is 15.9 Å². The molecular formula is CH2BBrLi2O2. The molecule has 0 aromatic heterocycles. The van der Waals surface area contributed by atoms with Crippen molar-refractivity contribution in [1.82, 2.24) is 0 Å². The molecule has 0 spiro atoms. The molecule has 0 N–H and O–H groups in total. The molecule has 0 radical (unpaired) electrons. The Morgan fingerprint density at radius 3 is 1.43 bits per heavy atom. The van der Waals surface area contributed by atoms with Gasteiger partial charge >= 0.3 is 37.7 Å². The van der Waals surface area contributed by atoms with Crippen molar-refractivity contribution in [2.24, 2.45) is 0 Å². The van der Waals surface area contributed by atoms with Crippen LogP contribution in [0.2, 0.25) is 0 Å². The minimum atomic E-state index is -1.70. The molecule has 0 saturated heterocycles. The third-order valence-electron chi connectivity index (χ3n) is 0.126. The molecule has 0 aromatic carbocycles. The Hall–Kier alpha value is 1.66. The smallest absolute Gasteiger partial charge is 0.893 e. The zero-order valence-electron chi connectivity index (χ0n) is 4.48. The van der Waals surface area contributed by atoms with Crippen molar-refractivity contribution in [2.75, 3.05) is 5.23 Å². The molecule has 0 aliphatic rings. The summed E-state index contributed by atoms with van der Waals surface area (Å²) in [6.07, 6.45) is 0. The van der Waals surface area contributed by atoms with Crippen LogP contribution >= 0.6 is 15.9 Å². The number of hydrogen-bond donors (Lipinski definition) is 0. The molecule has 0 atom stereocenters. The van der Waals surface area contributed by atoms with E-state index in [1.165, 1.54) is 0 Å². The van der Waals surface area contributed by atoms with Crippen molar-refractivity contribution in [3.05, 3.63) is 0 Å². The summed E-state index contributed by atoms with van der Waals surface area (Å²) in [4.78, 5) is 0. The molecular weight excluding hydrogens is 149 g/mol. The van der Waals surface area contributed by atoms with Gasteiger partial charge in [0.2, 0.25) is 0 Å². The van der Waals surface area contributed by atoms with Crippen LogP contribution in [0.15, 0.2) is 0 Å². The van der Waals surface area contributed by atoms with Crippen LogP contribution in [0.3, 0.4) is 0 Å². The van der Waals surface area contributed by atoms with Crippen molar-refractivity contribution in [2.45, 2.75) is 0 Å². The van der Waals surface area contributed by atoms with Crippen LogP contribution in [0.1, 0.15) is 0 Å². The first-order valence-corrected chi connectivity index (χ1v) is 2.27. The Bertz CT molecular complexity index is 29.7. The molecule has 7 heavy (non-hydrogen) atoms. The van der Waals surface area contributed by atoms with Gasteiger partial charge in [0, 0.05) is 0 Å². The molecule has 0 saturated carbocycles. The largest absolute Gasteiger partial charge is 1.00 e. The van der Waals surface area contributed by atoms with Crippen LogP contribution < -0.4 is 47.8 Å². The van der Waals surface area contributed by atoms with Gasteiger partial charge < -0.3 is 10.0 Å². The first kappa shape index (κ1) is 15.9. The van der Waals surface area contributed by atoms with E-state index >= 15 is 0 Å². The fourth-order valence-corrected chi connectivity index (χ4v) is 0. The summed E-state index contributed by atoms with van der Waals surface area (Å²) < 4.78 is 0. The average molecular weight is 151 g/mol. The molecule has 6 heteroatoms. The van der Waals surface area contributed by atoms with E-state index in [1.807, 2.05) is 0 Å². The van der Waals surface area contributed by atoms with E-state index < -0.39 is 7.12 Å². The fourth-order valence-electron chi connectivity index (χ4n) is 0. The summed E-state index contributed by atoms with van der Waals surface area (Å²) in [5, 5.41) is 18.6. The Kier molecular flexibility index (Phi) is 24.0. The summed E-state index contributed by atoms with van der Waals surface area (Å²) in [6.45, 7) is 0. The number of halogens is 1. The molecule has 0 unspecified atom stereocenters. The van der Waals surface area contributed by atoms with Crippen molar-refractivity contribution < 1.29 is 47.8 Å². The standard InChI is InChI=1S/CH2BBrO2.2Li/c3-1-2(4)5;;/h1H2;;/q-2;2*+1.